The molecule has 0 unspecified atom stereocenters. The summed E-state index contributed by atoms with van der Waals surface area (Å²) in [6, 6.07) is 15.7. The van der Waals surface area contributed by atoms with Gasteiger partial charge < -0.3 is 0 Å². The summed E-state index contributed by atoms with van der Waals surface area (Å²) in [6.45, 7) is 0.261. The van der Waals surface area contributed by atoms with Crippen LogP contribution in [-0.4, -0.2) is 14.5 Å². The number of rotatable bonds is 3. The van der Waals surface area contributed by atoms with Gasteiger partial charge in [0.15, 0.2) is 0 Å². The van der Waals surface area contributed by atoms with Crippen molar-refractivity contribution >= 4 is 44.1 Å². The summed E-state index contributed by atoms with van der Waals surface area (Å²) in [6.07, 6.45) is 1.53. The van der Waals surface area contributed by atoms with Crippen molar-refractivity contribution in [1.82, 2.24) is 14.5 Å². The van der Waals surface area contributed by atoms with Crippen molar-refractivity contribution in [3.63, 3.8) is 0 Å². The molecule has 0 bridgehead atoms. The van der Waals surface area contributed by atoms with Gasteiger partial charge in [-0.05, 0) is 29.8 Å². The van der Waals surface area contributed by atoms with E-state index >= 15 is 0 Å². The molecule has 29 heavy (non-hydrogen) atoms. The van der Waals surface area contributed by atoms with Crippen LogP contribution in [0.2, 0.25) is 5.15 Å². The summed E-state index contributed by atoms with van der Waals surface area (Å²) in [5.74, 6) is -0.317. The highest BCUT2D eigenvalue weighted by atomic mass is 35.5. The predicted molar refractivity (Wildman–Crippen MR) is 115 cm³/mol. The molecular formula is C22H13ClFN3OS. The van der Waals surface area contributed by atoms with Gasteiger partial charge in [-0.2, -0.15) is 0 Å². The Morgan fingerprint density at radius 3 is 2.72 bits per heavy atom. The van der Waals surface area contributed by atoms with Crippen LogP contribution in [0.15, 0.2) is 71.1 Å². The van der Waals surface area contributed by atoms with E-state index in [1.807, 2.05) is 35.7 Å². The van der Waals surface area contributed by atoms with Crippen LogP contribution in [0, 0.1) is 5.82 Å². The fraction of sp³-hybridized carbons (Fsp3) is 0.0455. The number of benzene rings is 2. The molecular weight excluding hydrogens is 409 g/mol. The molecule has 0 radical (unpaired) electrons. The number of thiophene rings is 1. The maximum atomic E-state index is 13.3. The van der Waals surface area contributed by atoms with E-state index in [1.165, 1.54) is 34.4 Å². The Bertz CT molecular complexity index is 1430. The van der Waals surface area contributed by atoms with Crippen molar-refractivity contribution in [2.45, 2.75) is 6.54 Å². The second-order valence-electron chi connectivity index (χ2n) is 6.65. The molecule has 2 aromatic carbocycles. The van der Waals surface area contributed by atoms with Gasteiger partial charge >= 0.3 is 0 Å². The molecule has 0 amide bonds. The summed E-state index contributed by atoms with van der Waals surface area (Å²) in [4.78, 5) is 22.7. The molecule has 4 nitrogen and oxygen atoms in total. The Balaban J connectivity index is 1.62. The molecule has 7 heteroatoms. The number of hydrogen-bond donors (Lipinski definition) is 0. The first-order chi connectivity index (χ1) is 14.1. The van der Waals surface area contributed by atoms with Crippen molar-refractivity contribution < 1.29 is 4.39 Å². The molecule has 0 atom stereocenters. The zero-order valence-corrected chi connectivity index (χ0v) is 16.5. The van der Waals surface area contributed by atoms with Gasteiger partial charge in [-0.15, -0.1) is 11.3 Å². The molecule has 0 N–H and O–H groups in total. The fourth-order valence-electron chi connectivity index (χ4n) is 3.35. The average molecular weight is 422 g/mol. The zero-order valence-electron chi connectivity index (χ0n) is 15.0. The molecule has 5 rings (SSSR count). The van der Waals surface area contributed by atoms with Crippen LogP contribution >= 0.6 is 22.9 Å². The van der Waals surface area contributed by atoms with Gasteiger partial charge in [-0.1, -0.05) is 41.9 Å². The summed E-state index contributed by atoms with van der Waals surface area (Å²) < 4.78 is 14.8. The summed E-state index contributed by atoms with van der Waals surface area (Å²) >= 11 is 7.75. The number of pyridine rings is 1. The molecule has 142 valence electrons. The van der Waals surface area contributed by atoms with Crippen LogP contribution in [0.5, 0.6) is 0 Å². The number of aromatic nitrogens is 3. The molecule has 0 saturated carbocycles. The summed E-state index contributed by atoms with van der Waals surface area (Å²) in [5, 5.41) is 3.71. The lowest BCUT2D eigenvalue weighted by molar-refractivity contribution is 0.628. The topological polar surface area (TPSA) is 47.8 Å². The van der Waals surface area contributed by atoms with Crippen LogP contribution < -0.4 is 5.56 Å². The minimum absolute atomic E-state index is 0.167. The van der Waals surface area contributed by atoms with Crippen LogP contribution in [0.4, 0.5) is 4.39 Å². The molecule has 0 aliphatic carbocycles. The Labute approximate surface area is 173 Å². The zero-order chi connectivity index (χ0) is 20.0. The van der Waals surface area contributed by atoms with Gasteiger partial charge in [0, 0.05) is 21.9 Å². The maximum absolute atomic E-state index is 13.3. The van der Waals surface area contributed by atoms with Crippen molar-refractivity contribution in [2.75, 3.05) is 0 Å². The van der Waals surface area contributed by atoms with E-state index in [-0.39, 0.29) is 17.9 Å². The second-order valence-corrected chi connectivity index (χ2v) is 7.86. The van der Waals surface area contributed by atoms with Gasteiger partial charge in [0.2, 0.25) is 0 Å². The lowest BCUT2D eigenvalue weighted by Crippen LogP contribution is -2.21. The lowest BCUT2D eigenvalue weighted by Gasteiger charge is -2.09. The van der Waals surface area contributed by atoms with Gasteiger partial charge in [0.25, 0.3) is 5.56 Å². The van der Waals surface area contributed by atoms with E-state index in [0.29, 0.717) is 15.4 Å². The Kier molecular flexibility index (Phi) is 4.38. The molecule has 0 aliphatic heterocycles. The largest absolute Gasteiger partial charge is 0.294 e. The smallest absolute Gasteiger partial charge is 0.263 e. The third-order valence-electron chi connectivity index (χ3n) is 4.81. The first-order valence-electron chi connectivity index (χ1n) is 8.87. The van der Waals surface area contributed by atoms with Crippen LogP contribution in [-0.2, 0) is 6.54 Å². The first kappa shape index (κ1) is 18.0. The SMILES string of the molecule is O=c1c2c(-c3ccc(F)cc3)csc2ncn1Cc1cc2ccccc2nc1Cl. The van der Waals surface area contributed by atoms with Gasteiger partial charge in [0.05, 0.1) is 23.8 Å². The van der Waals surface area contributed by atoms with Gasteiger partial charge in [0.1, 0.15) is 15.8 Å². The predicted octanol–water partition coefficient (Wildman–Crippen LogP) is 5.51. The maximum Gasteiger partial charge on any atom is 0.263 e. The highest BCUT2D eigenvalue weighted by Crippen LogP contribution is 2.31. The molecule has 0 spiro atoms. The van der Waals surface area contributed by atoms with E-state index in [0.717, 1.165) is 27.6 Å². The first-order valence-corrected chi connectivity index (χ1v) is 10.1. The minimum atomic E-state index is -0.317. The van der Waals surface area contributed by atoms with Crippen molar-refractivity contribution in [3.05, 3.63) is 93.2 Å². The van der Waals surface area contributed by atoms with E-state index in [1.54, 1.807) is 12.1 Å². The molecule has 0 saturated heterocycles. The van der Waals surface area contributed by atoms with E-state index in [2.05, 4.69) is 9.97 Å². The number of halogens is 2. The normalized spacial score (nSPS) is 11.4. The van der Waals surface area contributed by atoms with Crippen LogP contribution in [0.1, 0.15) is 5.56 Å². The summed E-state index contributed by atoms with van der Waals surface area (Å²) in [7, 11) is 0. The molecule has 3 aromatic heterocycles. The van der Waals surface area contributed by atoms with E-state index < -0.39 is 0 Å². The second kappa shape index (κ2) is 7.06. The summed E-state index contributed by atoms with van der Waals surface area (Å²) in [5.41, 5.74) is 2.91. The van der Waals surface area contributed by atoms with Crippen molar-refractivity contribution in [1.29, 1.82) is 0 Å². The number of para-hydroxylation sites is 1. The number of nitrogens with zero attached hydrogens (tertiary/aromatic N) is 3. The number of fused-ring (bicyclic) bond motifs is 2. The van der Waals surface area contributed by atoms with E-state index in [4.69, 9.17) is 11.6 Å². The van der Waals surface area contributed by atoms with Crippen molar-refractivity contribution in [2.24, 2.45) is 0 Å². The quantitative estimate of drug-likeness (QED) is 0.361. The monoisotopic (exact) mass is 421 g/mol. The van der Waals surface area contributed by atoms with E-state index in [9.17, 15) is 9.18 Å². The highest BCUT2D eigenvalue weighted by molar-refractivity contribution is 7.17. The Morgan fingerprint density at radius 1 is 1.10 bits per heavy atom. The third kappa shape index (κ3) is 3.20. The minimum Gasteiger partial charge on any atom is -0.294 e. The fourth-order valence-corrected chi connectivity index (χ4v) is 4.46. The standard InChI is InChI=1S/C22H13ClFN3OS/c23-20-15(9-14-3-1-2-4-18(14)26-20)10-27-12-25-21-19(22(27)28)17(11-29-21)13-5-7-16(24)8-6-13/h1-9,11-12H,10H2. The molecule has 5 aromatic rings. The molecule has 0 aliphatic rings. The lowest BCUT2D eigenvalue weighted by atomic mass is 10.1. The average Bonchev–Trinajstić information content (AvgIpc) is 3.16. The Hall–Kier alpha value is -3.09. The number of hydrogen-bond acceptors (Lipinski definition) is 4. The van der Waals surface area contributed by atoms with Crippen LogP contribution in [0.25, 0.3) is 32.2 Å². The molecule has 3 heterocycles. The van der Waals surface area contributed by atoms with Gasteiger partial charge in [-0.3, -0.25) is 9.36 Å². The van der Waals surface area contributed by atoms with Gasteiger partial charge in [-0.25, -0.2) is 14.4 Å². The highest BCUT2D eigenvalue weighted by Gasteiger charge is 2.15. The van der Waals surface area contributed by atoms with Crippen molar-refractivity contribution in [3.8, 4) is 11.1 Å². The Morgan fingerprint density at radius 2 is 1.90 bits per heavy atom. The third-order valence-corrected chi connectivity index (χ3v) is 6.02. The molecule has 0 fully saturated rings. The van der Waals surface area contributed by atoms with Crippen LogP contribution in [0.3, 0.4) is 0 Å².